The van der Waals surface area contributed by atoms with E-state index in [0.717, 1.165) is 22.5 Å². The zero-order valence-corrected chi connectivity index (χ0v) is 18.2. The number of amides is 2. The minimum atomic E-state index is -0.372. The third-order valence-electron chi connectivity index (χ3n) is 5.06. The van der Waals surface area contributed by atoms with Gasteiger partial charge >= 0.3 is 0 Å². The molecule has 1 aliphatic carbocycles. The molecule has 8 heteroatoms. The van der Waals surface area contributed by atoms with Crippen LogP contribution in [0.2, 0.25) is 0 Å². The number of rotatable bonds is 8. The maximum absolute atomic E-state index is 12.2. The Morgan fingerprint density at radius 3 is 1.42 bits per heavy atom. The average molecular weight is 421 g/mol. The Bertz CT molecular complexity index is 885. The van der Waals surface area contributed by atoms with E-state index in [1.54, 1.807) is 12.4 Å². The van der Waals surface area contributed by atoms with Crippen molar-refractivity contribution < 1.29 is 9.59 Å². The first-order valence-electron chi connectivity index (χ1n) is 10.1. The molecule has 0 saturated heterocycles. The van der Waals surface area contributed by atoms with Crippen LogP contribution in [0, 0.1) is 11.8 Å². The molecule has 0 heterocycles. The number of nitrogens with zero attached hydrogens (tertiary/aromatic N) is 4. The lowest BCUT2D eigenvalue weighted by molar-refractivity contribution is -0.127. The summed E-state index contributed by atoms with van der Waals surface area (Å²) in [5, 5.41) is 7.98. The van der Waals surface area contributed by atoms with E-state index in [2.05, 4.69) is 21.1 Å². The maximum atomic E-state index is 12.2. The van der Waals surface area contributed by atoms with Crippen molar-refractivity contribution in [1.29, 1.82) is 0 Å². The number of anilines is 2. The molecule has 0 bridgehead atoms. The number of nitrogens with one attached hydrogen (secondary N) is 2. The van der Waals surface area contributed by atoms with Crippen LogP contribution < -0.4 is 20.7 Å². The van der Waals surface area contributed by atoms with Crippen molar-refractivity contribution in [3.63, 3.8) is 0 Å². The summed E-state index contributed by atoms with van der Waals surface area (Å²) < 4.78 is 0. The standard InChI is InChI=1S/C23H28N6O2/c1-28(2)18-9-5-16(6-10-18)14-24-26-22(30)20-13-21(20)23(31)27-25-15-17-7-11-19(12-8-17)29(3)4/h5-12,14-15,20-21H,13H2,1-4H3,(H,26,30)(H,27,31)/b24-14-,25-15-/t20-,21-/m1/s1. The Labute approximate surface area is 182 Å². The molecule has 2 aromatic rings. The van der Waals surface area contributed by atoms with Crippen molar-refractivity contribution in [2.24, 2.45) is 22.0 Å². The molecule has 0 aromatic heterocycles. The summed E-state index contributed by atoms with van der Waals surface area (Å²) in [4.78, 5) is 28.4. The van der Waals surface area contributed by atoms with Gasteiger partial charge in [-0.2, -0.15) is 10.2 Å². The number of carbonyl (C=O) groups is 2. The number of hydrogen-bond acceptors (Lipinski definition) is 6. The quantitative estimate of drug-likeness (QED) is 0.505. The van der Waals surface area contributed by atoms with Crippen molar-refractivity contribution in [1.82, 2.24) is 10.9 Å². The number of hydrazone groups is 2. The lowest BCUT2D eigenvalue weighted by Crippen LogP contribution is -2.25. The van der Waals surface area contributed by atoms with Gasteiger partial charge in [-0.3, -0.25) is 9.59 Å². The molecule has 2 aromatic carbocycles. The van der Waals surface area contributed by atoms with Gasteiger partial charge < -0.3 is 9.80 Å². The molecule has 31 heavy (non-hydrogen) atoms. The van der Waals surface area contributed by atoms with Crippen molar-refractivity contribution in [3.8, 4) is 0 Å². The first-order valence-corrected chi connectivity index (χ1v) is 10.1. The molecule has 1 saturated carbocycles. The molecule has 0 spiro atoms. The summed E-state index contributed by atoms with van der Waals surface area (Å²) in [6.45, 7) is 0. The second kappa shape index (κ2) is 9.88. The molecule has 162 valence electrons. The molecule has 0 aliphatic heterocycles. The van der Waals surface area contributed by atoms with Gasteiger partial charge in [0.2, 0.25) is 11.8 Å². The van der Waals surface area contributed by atoms with Crippen molar-refractivity contribution in [3.05, 3.63) is 59.7 Å². The second-order valence-electron chi connectivity index (χ2n) is 7.89. The summed E-state index contributed by atoms with van der Waals surface area (Å²) in [5.74, 6) is -1.26. The van der Waals surface area contributed by atoms with Gasteiger partial charge in [-0.05, 0) is 41.8 Å². The van der Waals surface area contributed by atoms with E-state index < -0.39 is 0 Å². The third kappa shape index (κ3) is 6.15. The molecule has 2 N–H and O–H groups in total. The second-order valence-corrected chi connectivity index (χ2v) is 7.89. The molecule has 2 atom stereocenters. The predicted octanol–water partition coefficient (Wildman–Crippen LogP) is 2.06. The van der Waals surface area contributed by atoms with Crippen LogP contribution in [0.1, 0.15) is 17.5 Å². The maximum Gasteiger partial charge on any atom is 0.244 e. The summed E-state index contributed by atoms with van der Waals surface area (Å²) in [7, 11) is 7.89. The largest absolute Gasteiger partial charge is 0.378 e. The Kier molecular flexibility index (Phi) is 7.02. The van der Waals surface area contributed by atoms with Crippen LogP contribution in [0.4, 0.5) is 11.4 Å². The van der Waals surface area contributed by atoms with Crippen LogP contribution >= 0.6 is 0 Å². The van der Waals surface area contributed by atoms with Crippen LogP contribution in [0.25, 0.3) is 0 Å². The van der Waals surface area contributed by atoms with E-state index >= 15 is 0 Å². The average Bonchev–Trinajstić information content (AvgIpc) is 3.55. The lowest BCUT2D eigenvalue weighted by atomic mass is 10.2. The van der Waals surface area contributed by atoms with Crippen molar-refractivity contribution in [2.45, 2.75) is 6.42 Å². The van der Waals surface area contributed by atoms with Gasteiger partial charge in [0.25, 0.3) is 0 Å². The first kappa shape index (κ1) is 22.0. The smallest absolute Gasteiger partial charge is 0.244 e. The van der Waals surface area contributed by atoms with Gasteiger partial charge in [0.15, 0.2) is 0 Å². The van der Waals surface area contributed by atoms with Crippen LogP contribution in [0.5, 0.6) is 0 Å². The minimum absolute atomic E-state index is 0.260. The van der Waals surface area contributed by atoms with Gasteiger partial charge in [-0.15, -0.1) is 0 Å². The summed E-state index contributed by atoms with van der Waals surface area (Å²) in [5.41, 5.74) is 8.94. The molecule has 1 aliphatic rings. The van der Waals surface area contributed by atoms with Crippen LogP contribution in [0.3, 0.4) is 0 Å². The molecule has 0 unspecified atom stereocenters. The van der Waals surface area contributed by atoms with E-state index in [-0.39, 0.29) is 23.7 Å². The molecule has 8 nitrogen and oxygen atoms in total. The molecular weight excluding hydrogens is 392 g/mol. The summed E-state index contributed by atoms with van der Waals surface area (Å²) in [6, 6.07) is 15.6. The zero-order valence-electron chi connectivity index (χ0n) is 18.2. The highest BCUT2D eigenvalue weighted by Gasteiger charge is 2.48. The topological polar surface area (TPSA) is 89.4 Å². The predicted molar refractivity (Wildman–Crippen MR) is 125 cm³/mol. The summed E-state index contributed by atoms with van der Waals surface area (Å²) >= 11 is 0. The number of benzene rings is 2. The van der Waals surface area contributed by atoms with E-state index in [1.807, 2.05) is 86.5 Å². The summed E-state index contributed by atoms with van der Waals surface area (Å²) in [6.07, 6.45) is 3.67. The number of hydrogen-bond donors (Lipinski definition) is 2. The Hall–Kier alpha value is -3.68. The fraction of sp³-hybridized carbons (Fsp3) is 0.304. The lowest BCUT2D eigenvalue weighted by Gasteiger charge is -2.11. The van der Waals surface area contributed by atoms with Crippen LogP contribution in [0.15, 0.2) is 58.7 Å². The van der Waals surface area contributed by atoms with Crippen molar-refractivity contribution >= 4 is 35.6 Å². The van der Waals surface area contributed by atoms with Gasteiger partial charge in [0, 0.05) is 39.6 Å². The van der Waals surface area contributed by atoms with E-state index in [1.165, 1.54) is 0 Å². The van der Waals surface area contributed by atoms with Crippen LogP contribution in [-0.2, 0) is 9.59 Å². The normalized spacial score (nSPS) is 17.5. The van der Waals surface area contributed by atoms with E-state index in [4.69, 9.17) is 0 Å². The minimum Gasteiger partial charge on any atom is -0.378 e. The molecule has 2 amide bonds. The molecule has 3 rings (SSSR count). The number of carbonyl (C=O) groups excluding carboxylic acids is 2. The fourth-order valence-electron chi connectivity index (χ4n) is 3.00. The Morgan fingerprint density at radius 1 is 0.742 bits per heavy atom. The highest BCUT2D eigenvalue weighted by Crippen LogP contribution is 2.38. The third-order valence-corrected chi connectivity index (χ3v) is 5.06. The van der Waals surface area contributed by atoms with Gasteiger partial charge in [-0.1, -0.05) is 24.3 Å². The highest BCUT2D eigenvalue weighted by atomic mass is 16.2. The fourth-order valence-corrected chi connectivity index (χ4v) is 3.00. The highest BCUT2D eigenvalue weighted by molar-refractivity contribution is 5.93. The van der Waals surface area contributed by atoms with E-state index in [0.29, 0.717) is 6.42 Å². The SMILES string of the molecule is CN(C)c1ccc(/C=N\NC(=O)[C@@H]2C[C@H]2C(=O)N/N=C\c2ccc(N(C)C)cc2)cc1. The van der Waals surface area contributed by atoms with Crippen molar-refractivity contribution in [2.75, 3.05) is 38.0 Å². The van der Waals surface area contributed by atoms with Gasteiger partial charge in [0.1, 0.15) is 0 Å². The van der Waals surface area contributed by atoms with Crippen LogP contribution in [-0.4, -0.2) is 52.4 Å². The molecule has 1 fully saturated rings. The molecule has 0 radical (unpaired) electrons. The zero-order chi connectivity index (χ0) is 22.4. The van der Waals surface area contributed by atoms with E-state index in [9.17, 15) is 9.59 Å². The van der Waals surface area contributed by atoms with Gasteiger partial charge in [0.05, 0.1) is 24.3 Å². The monoisotopic (exact) mass is 420 g/mol. The van der Waals surface area contributed by atoms with Gasteiger partial charge in [-0.25, -0.2) is 10.9 Å². The Morgan fingerprint density at radius 2 is 1.10 bits per heavy atom. The molecular formula is C23H28N6O2. The first-order chi connectivity index (χ1) is 14.8. The Balaban J connectivity index is 1.42.